The van der Waals surface area contributed by atoms with E-state index in [1.54, 1.807) is 0 Å². The predicted molar refractivity (Wildman–Crippen MR) is 83.9 cm³/mol. The Morgan fingerprint density at radius 1 is 1.43 bits per heavy atom. The summed E-state index contributed by atoms with van der Waals surface area (Å²) in [7, 11) is 0. The number of benzene rings is 1. The molecule has 21 heavy (non-hydrogen) atoms. The van der Waals surface area contributed by atoms with Crippen molar-refractivity contribution < 1.29 is 14.0 Å². The minimum atomic E-state index is -0.158. The molecule has 3 saturated heterocycles. The van der Waals surface area contributed by atoms with Gasteiger partial charge in [-0.1, -0.05) is 46.3 Å². The first-order valence-corrected chi connectivity index (χ1v) is 8.70. The maximum atomic E-state index is 11.2. The molecule has 4 aliphatic rings. The van der Waals surface area contributed by atoms with Crippen LogP contribution in [-0.4, -0.2) is 40.0 Å². The molecule has 0 radical (unpaired) electrons. The fraction of sp³-hybridized carbons (Fsp3) is 0.588. The highest BCUT2D eigenvalue weighted by molar-refractivity contribution is 9.09. The summed E-state index contributed by atoms with van der Waals surface area (Å²) in [5.74, 6) is 0.500. The molecule has 4 bridgehead atoms. The number of carbonyl (C=O) groups excluding carboxylic acids is 1. The third-order valence-electron chi connectivity index (χ3n) is 6.12. The van der Waals surface area contributed by atoms with Gasteiger partial charge in [-0.05, 0) is 6.92 Å². The molecule has 1 aliphatic carbocycles. The van der Waals surface area contributed by atoms with Crippen molar-refractivity contribution in [1.29, 1.82) is 0 Å². The second-order valence-corrected chi connectivity index (χ2v) is 7.81. The van der Waals surface area contributed by atoms with E-state index in [0.717, 1.165) is 10.5 Å². The first-order valence-electron chi connectivity index (χ1n) is 7.78. The molecule has 4 heteroatoms. The van der Waals surface area contributed by atoms with E-state index in [1.807, 2.05) is 0 Å². The minimum Gasteiger partial charge on any atom is -0.460 e. The van der Waals surface area contributed by atoms with Gasteiger partial charge in [0.1, 0.15) is 24.7 Å². The van der Waals surface area contributed by atoms with Crippen LogP contribution in [0.2, 0.25) is 0 Å². The number of carbonyl (C=O) groups is 1. The molecule has 0 spiro atoms. The lowest BCUT2D eigenvalue weighted by Gasteiger charge is -2.31. The highest BCUT2D eigenvalue weighted by Gasteiger charge is 2.87. The van der Waals surface area contributed by atoms with Gasteiger partial charge in [-0.15, -0.1) is 0 Å². The van der Waals surface area contributed by atoms with Crippen molar-refractivity contribution in [3.05, 3.63) is 35.9 Å². The van der Waals surface area contributed by atoms with Crippen molar-refractivity contribution in [3.63, 3.8) is 0 Å². The molecular weight excluding hydrogens is 330 g/mol. The number of ether oxygens (including phenoxy) is 1. The Morgan fingerprint density at radius 3 is 2.71 bits per heavy atom. The minimum absolute atomic E-state index is 0.158. The lowest BCUT2D eigenvalue weighted by Crippen LogP contribution is -2.42. The van der Waals surface area contributed by atoms with Crippen LogP contribution in [0.4, 0.5) is 0 Å². The zero-order chi connectivity index (χ0) is 14.8. The van der Waals surface area contributed by atoms with Crippen LogP contribution in [0.15, 0.2) is 30.3 Å². The normalized spacial score (nSPS) is 43.7. The van der Waals surface area contributed by atoms with E-state index in [2.05, 4.69) is 53.2 Å². The molecule has 0 aromatic heterocycles. The number of esters is 1. The summed E-state index contributed by atoms with van der Waals surface area (Å²) in [5, 5.41) is 0. The van der Waals surface area contributed by atoms with Crippen LogP contribution < -0.4 is 0 Å². The lowest BCUT2D eigenvalue weighted by atomic mass is 10.0. The average molecular weight is 351 g/mol. The first kappa shape index (κ1) is 13.8. The van der Waals surface area contributed by atoms with Gasteiger partial charge >= 0.3 is 5.97 Å². The monoisotopic (exact) mass is 350 g/mol. The van der Waals surface area contributed by atoms with E-state index < -0.39 is 0 Å². The summed E-state index contributed by atoms with van der Waals surface area (Å²) in [5.41, 5.74) is 1.40. The highest BCUT2D eigenvalue weighted by Crippen LogP contribution is 2.71. The molecule has 0 N–H and O–H groups in total. The number of quaternary nitrogens is 1. The number of piperidine rings is 3. The molecule has 112 valence electrons. The van der Waals surface area contributed by atoms with Crippen molar-refractivity contribution in [3.8, 4) is 0 Å². The topological polar surface area (TPSA) is 26.3 Å². The molecule has 0 amide bonds. The van der Waals surface area contributed by atoms with Crippen LogP contribution in [0.3, 0.4) is 0 Å². The van der Waals surface area contributed by atoms with Crippen molar-refractivity contribution >= 4 is 21.9 Å². The third-order valence-corrected chi connectivity index (χ3v) is 7.34. The van der Waals surface area contributed by atoms with E-state index >= 15 is 0 Å². The standard InChI is InChI=1S/C17H21BrNO2/c1-10(12-6-4-3-5-7-12)19-14-8-13(16(18)17(14)19)15(19)9-21-11(2)20/h3-7,10,13-17H,8-9H2,1-2H3/q+1/t10-,13+,14+,15-,16+,17-,19?/m0/s1. The predicted octanol–water partition coefficient (Wildman–Crippen LogP) is 3.04. The molecule has 5 rings (SSSR count). The summed E-state index contributed by atoms with van der Waals surface area (Å²) in [6.45, 7) is 4.43. The Morgan fingerprint density at radius 2 is 2.14 bits per heavy atom. The van der Waals surface area contributed by atoms with Crippen LogP contribution in [0, 0.1) is 5.92 Å². The largest absolute Gasteiger partial charge is 0.460 e. The number of halogens is 1. The van der Waals surface area contributed by atoms with Crippen molar-refractivity contribution in [2.24, 2.45) is 5.92 Å². The number of rotatable bonds is 4. The van der Waals surface area contributed by atoms with Crippen LogP contribution >= 0.6 is 15.9 Å². The maximum absolute atomic E-state index is 11.2. The van der Waals surface area contributed by atoms with Gasteiger partial charge < -0.3 is 4.74 Å². The molecule has 1 unspecified atom stereocenters. The van der Waals surface area contributed by atoms with E-state index in [9.17, 15) is 4.79 Å². The molecule has 1 aromatic carbocycles. The molecule has 1 saturated carbocycles. The summed E-state index contributed by atoms with van der Waals surface area (Å²) >= 11 is 3.92. The molecule has 7 atom stereocenters. The Balaban J connectivity index is 1.65. The van der Waals surface area contributed by atoms with Crippen LogP contribution in [0.5, 0.6) is 0 Å². The highest BCUT2D eigenvalue weighted by atomic mass is 79.9. The van der Waals surface area contributed by atoms with Crippen LogP contribution in [0.1, 0.15) is 31.9 Å². The van der Waals surface area contributed by atoms with Gasteiger partial charge in [0, 0.05) is 24.8 Å². The van der Waals surface area contributed by atoms with Crippen molar-refractivity contribution in [1.82, 2.24) is 0 Å². The summed E-state index contributed by atoms with van der Waals surface area (Å²) < 4.78 is 6.54. The van der Waals surface area contributed by atoms with Crippen LogP contribution in [-0.2, 0) is 9.53 Å². The summed E-state index contributed by atoms with van der Waals surface area (Å²) in [6.07, 6.45) is 1.28. The fourth-order valence-electron chi connectivity index (χ4n) is 5.36. The number of nitrogens with zero attached hydrogens (tertiary/aromatic N) is 1. The summed E-state index contributed by atoms with van der Waals surface area (Å²) in [6, 6.07) is 13.2. The van der Waals surface area contributed by atoms with Gasteiger partial charge in [0.05, 0.1) is 4.83 Å². The second-order valence-electron chi connectivity index (χ2n) is 6.75. The van der Waals surface area contributed by atoms with Gasteiger partial charge in [-0.3, -0.25) is 9.28 Å². The zero-order valence-corrected chi connectivity index (χ0v) is 14.0. The Kier molecular flexibility index (Phi) is 2.99. The van der Waals surface area contributed by atoms with Crippen LogP contribution in [0.25, 0.3) is 0 Å². The Hall–Kier alpha value is -0.870. The lowest BCUT2D eigenvalue weighted by molar-refractivity contribution is -0.866. The van der Waals surface area contributed by atoms with Gasteiger partial charge in [-0.25, -0.2) is 0 Å². The smallest absolute Gasteiger partial charge is 0.302 e. The molecule has 4 fully saturated rings. The average Bonchev–Trinajstić information content (AvgIpc) is 2.72. The van der Waals surface area contributed by atoms with E-state index in [1.165, 1.54) is 18.9 Å². The molecule has 3 nitrogen and oxygen atoms in total. The quantitative estimate of drug-likeness (QED) is 0.361. The third kappa shape index (κ3) is 1.66. The Bertz CT molecular complexity index is 577. The summed E-state index contributed by atoms with van der Waals surface area (Å²) in [4.78, 5) is 11.8. The molecule has 3 aliphatic heterocycles. The maximum Gasteiger partial charge on any atom is 0.302 e. The SMILES string of the molecule is CC(=O)OC[C@H]1[C@H]2C[C@@H]3[C@@H]([C@@H]2Br)[N+]31[C@@H](C)c1ccccc1. The van der Waals surface area contributed by atoms with Gasteiger partial charge in [0.25, 0.3) is 0 Å². The fourth-order valence-corrected chi connectivity index (χ4v) is 6.69. The number of alkyl halides is 1. The number of hydrogen-bond acceptors (Lipinski definition) is 2. The molecular formula is C17H21BrNO2+. The molecule has 3 heterocycles. The van der Waals surface area contributed by atoms with Gasteiger partial charge in [-0.2, -0.15) is 0 Å². The van der Waals surface area contributed by atoms with E-state index in [-0.39, 0.29) is 5.97 Å². The van der Waals surface area contributed by atoms with Crippen molar-refractivity contribution in [2.45, 2.75) is 49.3 Å². The van der Waals surface area contributed by atoms with Gasteiger partial charge in [0.2, 0.25) is 0 Å². The number of hydrogen-bond donors (Lipinski definition) is 0. The van der Waals surface area contributed by atoms with E-state index in [4.69, 9.17) is 4.74 Å². The second kappa shape index (κ2) is 4.56. The first-order chi connectivity index (χ1) is 10.1. The van der Waals surface area contributed by atoms with E-state index in [0.29, 0.717) is 35.5 Å². The van der Waals surface area contributed by atoms with Gasteiger partial charge in [0.15, 0.2) is 6.04 Å². The zero-order valence-electron chi connectivity index (χ0n) is 12.4. The Labute approximate surface area is 134 Å². The molecule has 1 aromatic rings. The van der Waals surface area contributed by atoms with Crippen molar-refractivity contribution in [2.75, 3.05) is 6.61 Å².